The summed E-state index contributed by atoms with van der Waals surface area (Å²) in [7, 11) is 0. The average Bonchev–Trinajstić information content (AvgIpc) is 3.09. The molecule has 0 spiro atoms. The van der Waals surface area contributed by atoms with Crippen LogP contribution in [-0.4, -0.2) is 37.9 Å². The number of aliphatic hydroxyl groups excluding tert-OH is 1. The number of hydrogen-bond acceptors (Lipinski definition) is 3. The lowest BCUT2D eigenvalue weighted by atomic mass is 10.1. The van der Waals surface area contributed by atoms with Crippen LogP contribution in [-0.2, 0) is 6.54 Å². The van der Waals surface area contributed by atoms with Crippen LogP contribution in [0, 0.1) is 0 Å². The summed E-state index contributed by atoms with van der Waals surface area (Å²) in [6, 6.07) is 13.4. The van der Waals surface area contributed by atoms with Crippen LogP contribution < -0.4 is 0 Å². The van der Waals surface area contributed by atoms with E-state index < -0.39 is 6.10 Å². The summed E-state index contributed by atoms with van der Waals surface area (Å²) in [5.41, 5.74) is 2.51. The van der Waals surface area contributed by atoms with Gasteiger partial charge < -0.3 is 14.4 Å². The number of benzene rings is 1. The molecule has 0 aliphatic rings. The van der Waals surface area contributed by atoms with Crippen molar-refractivity contribution < 1.29 is 9.90 Å². The third-order valence-electron chi connectivity index (χ3n) is 4.07. The Balaban J connectivity index is 1.86. The van der Waals surface area contributed by atoms with E-state index in [-0.39, 0.29) is 5.91 Å². The number of imidazole rings is 1. The number of aliphatic hydroxyl groups is 1. The quantitative estimate of drug-likeness (QED) is 0.759. The minimum atomic E-state index is -0.531. The van der Waals surface area contributed by atoms with Gasteiger partial charge in [-0.2, -0.15) is 0 Å². The molecule has 5 nitrogen and oxygen atoms in total. The van der Waals surface area contributed by atoms with E-state index in [1.54, 1.807) is 23.5 Å². The van der Waals surface area contributed by atoms with Gasteiger partial charge in [0.05, 0.1) is 24.1 Å². The molecular weight excluding hydrogens is 302 g/mol. The van der Waals surface area contributed by atoms with Crippen LogP contribution in [0.25, 0.3) is 5.52 Å². The first-order chi connectivity index (χ1) is 11.7. The fourth-order valence-corrected chi connectivity index (χ4v) is 2.64. The molecule has 1 amide bonds. The second-order valence-corrected chi connectivity index (χ2v) is 5.87. The van der Waals surface area contributed by atoms with Crippen LogP contribution in [0.3, 0.4) is 0 Å². The van der Waals surface area contributed by atoms with Gasteiger partial charge >= 0.3 is 0 Å². The monoisotopic (exact) mass is 323 g/mol. The molecule has 0 aliphatic heterocycles. The fourth-order valence-electron chi connectivity index (χ4n) is 2.64. The molecule has 0 saturated heterocycles. The summed E-state index contributed by atoms with van der Waals surface area (Å²) in [5, 5.41) is 10.0. The molecule has 5 heteroatoms. The maximum Gasteiger partial charge on any atom is 0.254 e. The molecule has 1 atom stereocenters. The number of rotatable bonds is 6. The second-order valence-electron chi connectivity index (χ2n) is 5.87. The van der Waals surface area contributed by atoms with Crippen molar-refractivity contribution in [3.05, 3.63) is 72.3 Å². The van der Waals surface area contributed by atoms with E-state index in [0.717, 1.165) is 11.1 Å². The zero-order valence-electron chi connectivity index (χ0n) is 13.7. The molecule has 124 valence electrons. The molecule has 3 aromatic rings. The maximum absolute atomic E-state index is 13.0. The van der Waals surface area contributed by atoms with E-state index in [2.05, 4.69) is 4.98 Å². The Morgan fingerprint density at radius 3 is 2.83 bits per heavy atom. The first-order valence-electron chi connectivity index (χ1n) is 8.10. The Hall–Kier alpha value is -2.66. The highest BCUT2D eigenvalue weighted by molar-refractivity contribution is 5.95. The predicted molar refractivity (Wildman–Crippen MR) is 92.7 cm³/mol. The molecule has 2 heterocycles. The Labute approximate surface area is 141 Å². The molecule has 0 fully saturated rings. The van der Waals surface area contributed by atoms with Crippen molar-refractivity contribution >= 4 is 11.4 Å². The minimum absolute atomic E-state index is 0.0879. The molecule has 3 rings (SSSR count). The first kappa shape index (κ1) is 16.2. The number of aromatic nitrogens is 2. The van der Waals surface area contributed by atoms with Gasteiger partial charge in [-0.15, -0.1) is 0 Å². The van der Waals surface area contributed by atoms with E-state index in [0.29, 0.717) is 25.1 Å². The molecule has 2 aromatic heterocycles. The molecule has 1 aromatic carbocycles. The summed E-state index contributed by atoms with van der Waals surface area (Å²) >= 11 is 0. The average molecular weight is 323 g/mol. The molecule has 1 unspecified atom stereocenters. The lowest BCUT2D eigenvalue weighted by molar-refractivity contribution is 0.0598. The van der Waals surface area contributed by atoms with Crippen LogP contribution in [0.1, 0.15) is 29.3 Å². The van der Waals surface area contributed by atoms with Crippen molar-refractivity contribution in [2.24, 2.45) is 0 Å². The smallest absolute Gasteiger partial charge is 0.254 e. The fraction of sp³-hybridized carbons (Fsp3) is 0.263. The van der Waals surface area contributed by atoms with Crippen LogP contribution in [0.4, 0.5) is 0 Å². The molecule has 0 saturated carbocycles. The largest absolute Gasteiger partial charge is 0.391 e. The zero-order valence-corrected chi connectivity index (χ0v) is 13.7. The van der Waals surface area contributed by atoms with Crippen LogP contribution in [0.5, 0.6) is 0 Å². The van der Waals surface area contributed by atoms with E-state index in [1.807, 2.05) is 53.9 Å². The highest BCUT2D eigenvalue weighted by Gasteiger charge is 2.19. The van der Waals surface area contributed by atoms with Gasteiger partial charge in [0.2, 0.25) is 0 Å². The van der Waals surface area contributed by atoms with E-state index in [4.69, 9.17) is 0 Å². The zero-order chi connectivity index (χ0) is 16.9. The highest BCUT2D eigenvalue weighted by atomic mass is 16.3. The Bertz CT molecular complexity index is 814. The maximum atomic E-state index is 13.0. The summed E-state index contributed by atoms with van der Waals surface area (Å²) in [6.07, 6.45) is 5.33. The molecule has 0 radical (unpaired) electrons. The molecule has 0 bridgehead atoms. The van der Waals surface area contributed by atoms with E-state index >= 15 is 0 Å². The van der Waals surface area contributed by atoms with Crippen molar-refractivity contribution in [2.45, 2.75) is 26.0 Å². The van der Waals surface area contributed by atoms with Crippen molar-refractivity contribution in [3.63, 3.8) is 0 Å². The van der Waals surface area contributed by atoms with Gasteiger partial charge in [0.15, 0.2) is 0 Å². The van der Waals surface area contributed by atoms with Crippen LogP contribution in [0.15, 0.2) is 61.2 Å². The number of nitrogens with zero attached hydrogens (tertiary/aromatic N) is 3. The molecular formula is C19H21N3O2. The Kier molecular flexibility index (Phi) is 4.91. The standard InChI is InChI=1S/C19H21N3O2/c1-2-18(23)13-22(12-15-6-4-3-5-7-15)19(24)16-8-9-21-14-20-11-17(21)10-16/h3-11,14,18,23H,2,12-13H2,1H3. The van der Waals surface area contributed by atoms with Gasteiger partial charge in [-0.1, -0.05) is 37.3 Å². The Morgan fingerprint density at radius 1 is 1.29 bits per heavy atom. The summed E-state index contributed by atoms with van der Waals surface area (Å²) in [4.78, 5) is 18.7. The first-order valence-corrected chi connectivity index (χ1v) is 8.10. The van der Waals surface area contributed by atoms with E-state index in [1.165, 1.54) is 0 Å². The Morgan fingerprint density at radius 2 is 2.08 bits per heavy atom. The molecule has 0 aliphatic carbocycles. The predicted octanol–water partition coefficient (Wildman–Crippen LogP) is 2.75. The van der Waals surface area contributed by atoms with Gasteiger partial charge in [0.25, 0.3) is 5.91 Å². The lowest BCUT2D eigenvalue weighted by Gasteiger charge is -2.25. The minimum Gasteiger partial charge on any atom is -0.391 e. The number of carbonyl (C=O) groups is 1. The van der Waals surface area contributed by atoms with E-state index in [9.17, 15) is 9.90 Å². The van der Waals surface area contributed by atoms with Gasteiger partial charge in [-0.3, -0.25) is 4.79 Å². The number of amides is 1. The number of carbonyl (C=O) groups excluding carboxylic acids is 1. The van der Waals surface area contributed by atoms with Gasteiger partial charge in [0, 0.05) is 24.8 Å². The summed E-state index contributed by atoms with van der Waals surface area (Å²) in [5.74, 6) is -0.0879. The second kappa shape index (κ2) is 7.27. The molecule has 24 heavy (non-hydrogen) atoms. The number of fused-ring (bicyclic) bond motifs is 1. The summed E-state index contributed by atoms with van der Waals surface area (Å²) in [6.45, 7) is 2.70. The SMILES string of the molecule is CCC(O)CN(Cc1ccccc1)C(=O)c1ccn2cncc2c1. The van der Waals surface area contributed by atoms with Crippen molar-refractivity contribution in [1.82, 2.24) is 14.3 Å². The van der Waals surface area contributed by atoms with Gasteiger partial charge in [-0.25, -0.2) is 4.98 Å². The van der Waals surface area contributed by atoms with Gasteiger partial charge in [0.1, 0.15) is 0 Å². The normalized spacial score (nSPS) is 12.2. The van der Waals surface area contributed by atoms with Gasteiger partial charge in [-0.05, 0) is 24.1 Å². The van der Waals surface area contributed by atoms with Crippen molar-refractivity contribution in [1.29, 1.82) is 0 Å². The van der Waals surface area contributed by atoms with Crippen LogP contribution in [0.2, 0.25) is 0 Å². The lowest BCUT2D eigenvalue weighted by Crippen LogP contribution is -2.37. The van der Waals surface area contributed by atoms with Crippen molar-refractivity contribution in [2.75, 3.05) is 6.54 Å². The molecule has 1 N–H and O–H groups in total. The number of hydrogen-bond donors (Lipinski definition) is 1. The highest BCUT2D eigenvalue weighted by Crippen LogP contribution is 2.14. The third-order valence-corrected chi connectivity index (χ3v) is 4.07. The summed E-state index contributed by atoms with van der Waals surface area (Å²) < 4.78 is 1.86. The topological polar surface area (TPSA) is 57.8 Å². The van der Waals surface area contributed by atoms with Crippen molar-refractivity contribution in [3.8, 4) is 0 Å². The number of pyridine rings is 1. The van der Waals surface area contributed by atoms with Crippen LogP contribution >= 0.6 is 0 Å². The third kappa shape index (κ3) is 3.63.